The van der Waals surface area contributed by atoms with E-state index in [9.17, 15) is 13.2 Å². The van der Waals surface area contributed by atoms with Crippen LogP contribution in [0.4, 0.5) is 5.13 Å². The van der Waals surface area contributed by atoms with Crippen LogP contribution < -0.4 is 9.64 Å². The second kappa shape index (κ2) is 10.8. The van der Waals surface area contributed by atoms with Crippen molar-refractivity contribution in [1.82, 2.24) is 9.88 Å². The largest absolute Gasteiger partial charge is 0.494 e. The first-order valence-electron chi connectivity index (χ1n) is 9.47. The van der Waals surface area contributed by atoms with E-state index in [1.807, 2.05) is 19.0 Å². The van der Waals surface area contributed by atoms with E-state index in [1.54, 1.807) is 36.3 Å². The number of likely N-dealkylation sites (N-methyl/N-ethyl adjacent to an activating group) is 1. The van der Waals surface area contributed by atoms with Crippen LogP contribution in [0.3, 0.4) is 0 Å². The number of sulfone groups is 1. The fourth-order valence-electron chi connectivity index (χ4n) is 2.97. The van der Waals surface area contributed by atoms with E-state index < -0.39 is 9.84 Å². The lowest BCUT2D eigenvalue weighted by Crippen LogP contribution is -2.37. The highest BCUT2D eigenvalue weighted by Crippen LogP contribution is 2.38. The van der Waals surface area contributed by atoms with Crippen LogP contribution in [0, 0.1) is 0 Å². The number of nitrogens with zero attached hydrogens (tertiary/aromatic N) is 3. The van der Waals surface area contributed by atoms with E-state index in [1.165, 1.54) is 23.5 Å². The average molecular weight is 518 g/mol. The summed E-state index contributed by atoms with van der Waals surface area (Å²) in [5.74, 6) is 0.460. The summed E-state index contributed by atoms with van der Waals surface area (Å²) < 4.78 is 29.5. The standard InChI is InChI=1S/C21H24ClN3O4S2.ClH/c1-24(2)11-12-25(18(26)13-14-5-7-15(8-6-14)31(4,27)28)21-23-19-17(29-3)10-9-16(22)20(19)30-21;/h5-10H,11-13H2,1-4H3;1H. The van der Waals surface area contributed by atoms with Crippen molar-refractivity contribution >= 4 is 66.4 Å². The molecule has 1 aromatic heterocycles. The minimum atomic E-state index is -3.28. The smallest absolute Gasteiger partial charge is 0.233 e. The van der Waals surface area contributed by atoms with E-state index in [-0.39, 0.29) is 29.6 Å². The first kappa shape index (κ1) is 26.3. The second-order valence-electron chi connectivity index (χ2n) is 7.37. The lowest BCUT2D eigenvalue weighted by Gasteiger charge is -2.22. The molecule has 11 heteroatoms. The van der Waals surface area contributed by atoms with Crippen molar-refractivity contribution < 1.29 is 17.9 Å². The summed E-state index contributed by atoms with van der Waals surface area (Å²) in [6, 6.07) is 9.87. The molecule has 0 saturated carbocycles. The van der Waals surface area contributed by atoms with Crippen LogP contribution in [0.1, 0.15) is 5.56 Å². The first-order chi connectivity index (χ1) is 14.6. The number of aromatic nitrogens is 1. The summed E-state index contributed by atoms with van der Waals surface area (Å²) in [4.78, 5) is 21.7. The van der Waals surface area contributed by atoms with Gasteiger partial charge in [0.2, 0.25) is 5.91 Å². The summed E-state index contributed by atoms with van der Waals surface area (Å²) in [6.45, 7) is 1.10. The number of methoxy groups -OCH3 is 1. The number of amides is 1. The predicted molar refractivity (Wildman–Crippen MR) is 133 cm³/mol. The molecule has 0 fully saturated rings. The molecule has 174 valence electrons. The number of fused-ring (bicyclic) bond motifs is 1. The van der Waals surface area contributed by atoms with Gasteiger partial charge in [-0.2, -0.15) is 0 Å². The van der Waals surface area contributed by atoms with Crippen LogP contribution in [0.5, 0.6) is 5.75 Å². The lowest BCUT2D eigenvalue weighted by molar-refractivity contribution is -0.118. The van der Waals surface area contributed by atoms with Crippen LogP contribution in [-0.2, 0) is 21.1 Å². The van der Waals surface area contributed by atoms with Gasteiger partial charge in [0.1, 0.15) is 11.3 Å². The van der Waals surface area contributed by atoms with Gasteiger partial charge in [-0.25, -0.2) is 13.4 Å². The van der Waals surface area contributed by atoms with E-state index in [2.05, 4.69) is 4.98 Å². The molecule has 0 spiro atoms. The van der Waals surface area contributed by atoms with Gasteiger partial charge in [0.15, 0.2) is 15.0 Å². The Morgan fingerprint density at radius 1 is 1.12 bits per heavy atom. The van der Waals surface area contributed by atoms with Crippen LogP contribution in [0.2, 0.25) is 5.02 Å². The zero-order valence-corrected chi connectivity index (χ0v) is 21.4. The van der Waals surface area contributed by atoms with Gasteiger partial charge >= 0.3 is 0 Å². The number of halogens is 2. The number of hydrogen-bond donors (Lipinski definition) is 0. The van der Waals surface area contributed by atoms with Gasteiger partial charge in [0.05, 0.1) is 28.1 Å². The second-order valence-corrected chi connectivity index (χ2v) is 10.8. The number of carbonyl (C=O) groups is 1. The topological polar surface area (TPSA) is 79.8 Å². The van der Waals surface area contributed by atoms with Gasteiger partial charge in [-0.05, 0) is 43.9 Å². The predicted octanol–water partition coefficient (Wildman–Crippen LogP) is 3.92. The summed E-state index contributed by atoms with van der Waals surface area (Å²) in [7, 11) is 2.15. The lowest BCUT2D eigenvalue weighted by atomic mass is 10.1. The molecule has 3 aromatic rings. The summed E-state index contributed by atoms with van der Waals surface area (Å²) >= 11 is 7.69. The van der Waals surface area contributed by atoms with Crippen molar-refractivity contribution in [3.8, 4) is 5.75 Å². The molecule has 0 radical (unpaired) electrons. The Morgan fingerprint density at radius 2 is 1.78 bits per heavy atom. The average Bonchev–Trinajstić information content (AvgIpc) is 3.14. The molecule has 0 aliphatic rings. The Labute approximate surface area is 203 Å². The number of anilines is 1. The Morgan fingerprint density at radius 3 is 2.34 bits per heavy atom. The number of carbonyl (C=O) groups excluding carboxylic acids is 1. The quantitative estimate of drug-likeness (QED) is 0.450. The van der Waals surface area contributed by atoms with E-state index >= 15 is 0 Å². The molecule has 0 aliphatic heterocycles. The third-order valence-electron chi connectivity index (χ3n) is 4.68. The maximum Gasteiger partial charge on any atom is 0.233 e. The van der Waals surface area contributed by atoms with Gasteiger partial charge in [-0.1, -0.05) is 35.1 Å². The highest BCUT2D eigenvalue weighted by molar-refractivity contribution is 7.90. The van der Waals surface area contributed by atoms with Crippen LogP contribution in [-0.4, -0.2) is 64.8 Å². The Kier molecular flexibility index (Phi) is 8.90. The van der Waals surface area contributed by atoms with Crippen LogP contribution >= 0.6 is 35.3 Å². The normalized spacial score (nSPS) is 11.4. The number of hydrogen-bond acceptors (Lipinski definition) is 7. The maximum atomic E-state index is 13.2. The fourth-order valence-corrected chi connectivity index (χ4v) is 4.90. The minimum absolute atomic E-state index is 0. The van der Waals surface area contributed by atoms with Crippen LogP contribution in [0.15, 0.2) is 41.3 Å². The number of ether oxygens (including phenoxy) is 1. The van der Waals surface area contributed by atoms with Gasteiger partial charge in [-0.15, -0.1) is 12.4 Å². The molecule has 0 unspecified atom stereocenters. The summed E-state index contributed by atoms with van der Waals surface area (Å²) in [5, 5.41) is 1.09. The van der Waals surface area contributed by atoms with Crippen molar-refractivity contribution in [2.75, 3.05) is 45.5 Å². The van der Waals surface area contributed by atoms with Crippen LogP contribution in [0.25, 0.3) is 10.2 Å². The van der Waals surface area contributed by atoms with Crippen molar-refractivity contribution in [3.05, 3.63) is 47.0 Å². The monoisotopic (exact) mass is 517 g/mol. The molecule has 2 aromatic carbocycles. The first-order valence-corrected chi connectivity index (χ1v) is 12.6. The summed E-state index contributed by atoms with van der Waals surface area (Å²) in [5.41, 5.74) is 1.35. The molecule has 0 N–H and O–H groups in total. The zero-order valence-electron chi connectivity index (χ0n) is 18.2. The highest BCUT2D eigenvalue weighted by Gasteiger charge is 2.22. The van der Waals surface area contributed by atoms with Gasteiger partial charge in [0, 0.05) is 19.3 Å². The zero-order chi connectivity index (χ0) is 22.8. The molecule has 7 nitrogen and oxygen atoms in total. The summed E-state index contributed by atoms with van der Waals surface area (Å²) in [6.07, 6.45) is 1.28. The van der Waals surface area contributed by atoms with Gasteiger partial charge in [-0.3, -0.25) is 9.69 Å². The molecule has 0 saturated heterocycles. The maximum absolute atomic E-state index is 13.2. The van der Waals surface area contributed by atoms with Gasteiger partial charge in [0.25, 0.3) is 0 Å². The third-order valence-corrected chi connectivity index (χ3v) is 7.34. The molecular formula is C21H25Cl2N3O4S2. The molecule has 3 rings (SSSR count). The third kappa shape index (κ3) is 6.11. The number of rotatable bonds is 8. The molecule has 32 heavy (non-hydrogen) atoms. The van der Waals surface area contributed by atoms with Crippen molar-refractivity contribution in [2.45, 2.75) is 11.3 Å². The highest BCUT2D eigenvalue weighted by atomic mass is 35.5. The molecule has 1 amide bonds. The molecule has 0 atom stereocenters. The van der Waals surface area contributed by atoms with Crippen molar-refractivity contribution in [3.63, 3.8) is 0 Å². The Hall–Kier alpha value is -1.91. The van der Waals surface area contributed by atoms with Crippen molar-refractivity contribution in [1.29, 1.82) is 0 Å². The van der Waals surface area contributed by atoms with E-state index in [4.69, 9.17) is 16.3 Å². The number of thiazole rings is 1. The molecular weight excluding hydrogens is 493 g/mol. The van der Waals surface area contributed by atoms with Crippen molar-refractivity contribution in [2.24, 2.45) is 0 Å². The van der Waals surface area contributed by atoms with E-state index in [0.29, 0.717) is 34.5 Å². The van der Waals surface area contributed by atoms with E-state index in [0.717, 1.165) is 16.5 Å². The fraction of sp³-hybridized carbons (Fsp3) is 0.333. The Bertz CT molecular complexity index is 1200. The SMILES string of the molecule is COc1ccc(Cl)c2sc(N(CCN(C)C)C(=O)Cc3ccc(S(C)(=O)=O)cc3)nc12.Cl. The number of benzene rings is 2. The Balaban J connectivity index is 0.00000363. The molecule has 0 aliphatic carbocycles. The van der Waals surface area contributed by atoms with Gasteiger partial charge < -0.3 is 9.64 Å². The minimum Gasteiger partial charge on any atom is -0.494 e. The molecule has 0 bridgehead atoms. The molecule has 1 heterocycles.